The summed E-state index contributed by atoms with van der Waals surface area (Å²) in [4.78, 5) is 78.7. The predicted molar refractivity (Wildman–Crippen MR) is 180 cm³/mol. The molecule has 0 saturated heterocycles. The maximum atomic E-state index is 13.6. The van der Waals surface area contributed by atoms with Crippen molar-refractivity contribution in [2.75, 3.05) is 13.7 Å². The third-order valence-corrected chi connectivity index (χ3v) is 7.61. The number of esters is 1. The number of carbonyl (C=O) groups excluding carboxylic acids is 6. The first-order chi connectivity index (χ1) is 23.2. The van der Waals surface area contributed by atoms with Crippen molar-refractivity contribution in [2.24, 2.45) is 5.92 Å². The third kappa shape index (κ3) is 13.4. The molecule has 0 fully saturated rings. The van der Waals surface area contributed by atoms with Crippen LogP contribution in [0.5, 0.6) is 5.75 Å². The average molecular weight is 679 g/mol. The van der Waals surface area contributed by atoms with E-state index in [9.17, 15) is 33.9 Å². The number of phenols is 1. The number of phenolic OH excluding ortho intramolecular Hbond substituents is 1. The van der Waals surface area contributed by atoms with Crippen LogP contribution in [0.25, 0.3) is 0 Å². The molecule has 0 spiro atoms. The van der Waals surface area contributed by atoms with Crippen molar-refractivity contribution >= 4 is 35.6 Å². The number of allylic oxidation sites excluding steroid dienone is 1. The summed E-state index contributed by atoms with van der Waals surface area (Å²) in [6, 6.07) is 12.0. The second-order valence-corrected chi connectivity index (χ2v) is 12.8. The lowest BCUT2D eigenvalue weighted by Crippen LogP contribution is -2.55. The van der Waals surface area contributed by atoms with E-state index in [2.05, 4.69) is 21.3 Å². The van der Waals surface area contributed by atoms with Crippen molar-refractivity contribution in [3.05, 3.63) is 77.9 Å². The molecule has 0 aromatic heterocycles. The van der Waals surface area contributed by atoms with Crippen molar-refractivity contribution in [3.8, 4) is 5.75 Å². The smallest absolute Gasteiger partial charge is 0.408 e. The van der Waals surface area contributed by atoms with Gasteiger partial charge in [0.2, 0.25) is 17.7 Å². The zero-order valence-corrected chi connectivity index (χ0v) is 28.3. The Morgan fingerprint density at radius 3 is 2.31 bits per heavy atom. The molecular formula is C36H46N4O9. The summed E-state index contributed by atoms with van der Waals surface area (Å²) in [6.07, 6.45) is 3.09. The van der Waals surface area contributed by atoms with Crippen molar-refractivity contribution in [1.29, 1.82) is 0 Å². The first-order valence-corrected chi connectivity index (χ1v) is 16.2. The monoisotopic (exact) mass is 678 g/mol. The first-order valence-electron chi connectivity index (χ1n) is 16.2. The number of Topliss-reactive ketones (excluding diaryl/α,β-unsaturated/α-hetero) is 1. The molecule has 3 rings (SSSR count). The summed E-state index contributed by atoms with van der Waals surface area (Å²) in [5, 5.41) is 20.3. The van der Waals surface area contributed by atoms with E-state index in [1.165, 1.54) is 19.2 Å². The number of hydrogen-bond acceptors (Lipinski definition) is 9. The number of rotatable bonds is 8. The van der Waals surface area contributed by atoms with Gasteiger partial charge in [0.1, 0.15) is 29.5 Å². The van der Waals surface area contributed by atoms with Crippen molar-refractivity contribution in [1.82, 2.24) is 21.3 Å². The maximum absolute atomic E-state index is 13.6. The number of hydrogen-bond donors (Lipinski definition) is 5. The van der Waals surface area contributed by atoms with Crippen LogP contribution < -0.4 is 21.3 Å². The van der Waals surface area contributed by atoms with Crippen LogP contribution in [-0.4, -0.2) is 78.1 Å². The summed E-state index contributed by atoms with van der Waals surface area (Å²) < 4.78 is 10.2. The second kappa shape index (κ2) is 18.4. The SMILES string of the molecule is COC(=O)[C@H]1C/C=C\CC[C@@H](NC(=O)[C@H](Cc2ccc(O)cc2)NC(=O)OC(C)(C)C)C(=O)NCC(=O)C[C@@H](Cc2ccccc2)C(=O)N1. The van der Waals surface area contributed by atoms with Gasteiger partial charge in [-0.15, -0.1) is 0 Å². The van der Waals surface area contributed by atoms with Crippen LogP contribution in [0.3, 0.4) is 0 Å². The quantitative estimate of drug-likeness (QED) is 0.207. The number of benzene rings is 2. The standard InChI is InChI=1S/C36H46N4O9/c1-36(2,3)49-35(47)40-30(20-24-15-17-26(41)18-16-24)33(45)38-28-13-9-6-10-14-29(34(46)48-4)39-31(43)25(19-23-11-7-5-8-12-23)21-27(42)22-37-32(28)44/h5-8,10-12,15-18,25,28-30,41H,9,13-14,19-22H2,1-4H3,(H,37,44)(H,38,45)(H,39,43)(H,40,47)/b10-6-/t25-,28-,29-,30+/m1/s1. The number of ketones is 1. The van der Waals surface area contributed by atoms with Crippen molar-refractivity contribution in [2.45, 2.75) is 83.0 Å². The topological polar surface area (TPSA) is 189 Å². The number of amides is 4. The van der Waals surface area contributed by atoms with Gasteiger partial charge in [-0.3, -0.25) is 19.2 Å². The highest BCUT2D eigenvalue weighted by Gasteiger charge is 2.31. The summed E-state index contributed by atoms with van der Waals surface area (Å²) in [6.45, 7) is 4.65. The van der Waals surface area contributed by atoms with Crippen LogP contribution >= 0.6 is 0 Å². The fraction of sp³-hybridized carbons (Fsp3) is 0.444. The van der Waals surface area contributed by atoms with Crippen LogP contribution in [0, 0.1) is 5.92 Å². The van der Waals surface area contributed by atoms with Gasteiger partial charge < -0.3 is 35.8 Å². The zero-order chi connectivity index (χ0) is 36.0. The van der Waals surface area contributed by atoms with Gasteiger partial charge in [-0.1, -0.05) is 54.6 Å². The lowest BCUT2D eigenvalue weighted by molar-refractivity contribution is -0.145. The Bertz CT molecular complexity index is 1490. The lowest BCUT2D eigenvalue weighted by atomic mass is 9.93. The van der Waals surface area contributed by atoms with Crippen LogP contribution in [0.4, 0.5) is 4.79 Å². The Morgan fingerprint density at radius 2 is 1.65 bits per heavy atom. The zero-order valence-electron chi connectivity index (χ0n) is 28.3. The molecule has 49 heavy (non-hydrogen) atoms. The summed E-state index contributed by atoms with van der Waals surface area (Å²) in [5.41, 5.74) is 0.610. The molecule has 4 amide bonds. The highest BCUT2D eigenvalue weighted by Crippen LogP contribution is 2.16. The van der Waals surface area contributed by atoms with Gasteiger partial charge in [0.25, 0.3) is 0 Å². The van der Waals surface area contributed by atoms with Crippen molar-refractivity contribution in [3.63, 3.8) is 0 Å². The van der Waals surface area contributed by atoms with Gasteiger partial charge in [-0.05, 0) is 69.7 Å². The van der Waals surface area contributed by atoms with Gasteiger partial charge >= 0.3 is 12.1 Å². The average Bonchev–Trinajstić information content (AvgIpc) is 3.05. The largest absolute Gasteiger partial charge is 0.508 e. The molecular weight excluding hydrogens is 632 g/mol. The minimum absolute atomic E-state index is 0.0246. The number of alkyl carbamates (subject to hydrolysis) is 1. The normalized spacial score (nSPS) is 20.7. The molecule has 0 saturated carbocycles. The second-order valence-electron chi connectivity index (χ2n) is 12.8. The van der Waals surface area contributed by atoms with Crippen LogP contribution in [-0.2, 0) is 46.3 Å². The highest BCUT2D eigenvalue weighted by atomic mass is 16.6. The number of nitrogens with one attached hydrogen (secondary N) is 4. The number of ether oxygens (including phenoxy) is 2. The molecule has 13 heteroatoms. The van der Waals surface area contributed by atoms with E-state index in [4.69, 9.17) is 9.47 Å². The molecule has 2 aromatic rings. The van der Waals surface area contributed by atoms with Gasteiger partial charge in [0.05, 0.1) is 13.7 Å². The molecule has 13 nitrogen and oxygen atoms in total. The molecule has 0 radical (unpaired) electrons. The Kier molecular flexibility index (Phi) is 14.3. The molecule has 2 aromatic carbocycles. The van der Waals surface area contributed by atoms with Crippen LogP contribution in [0.1, 0.15) is 57.6 Å². The molecule has 1 aliphatic rings. The minimum Gasteiger partial charge on any atom is -0.508 e. The molecule has 0 unspecified atom stereocenters. The Balaban J connectivity index is 1.83. The summed E-state index contributed by atoms with van der Waals surface area (Å²) in [5.74, 6) is -3.66. The Labute approximate surface area is 286 Å². The number of aromatic hydroxyl groups is 1. The van der Waals surface area contributed by atoms with E-state index in [1.807, 2.05) is 30.3 Å². The van der Waals surface area contributed by atoms with E-state index >= 15 is 0 Å². The van der Waals surface area contributed by atoms with Crippen molar-refractivity contribution < 1.29 is 43.3 Å². The molecule has 264 valence electrons. The molecule has 1 aliphatic heterocycles. The molecule has 0 aliphatic carbocycles. The maximum Gasteiger partial charge on any atom is 0.408 e. The fourth-order valence-corrected chi connectivity index (χ4v) is 5.14. The van der Waals surface area contributed by atoms with E-state index < -0.39 is 71.8 Å². The molecule has 0 bridgehead atoms. The van der Waals surface area contributed by atoms with E-state index in [-0.39, 0.29) is 44.3 Å². The highest BCUT2D eigenvalue weighted by molar-refractivity contribution is 5.95. The van der Waals surface area contributed by atoms with Gasteiger partial charge in [0.15, 0.2) is 5.78 Å². The summed E-state index contributed by atoms with van der Waals surface area (Å²) >= 11 is 0. The van der Waals surface area contributed by atoms with Crippen LogP contribution in [0.2, 0.25) is 0 Å². The Hall–Kier alpha value is -5.20. The summed E-state index contributed by atoms with van der Waals surface area (Å²) in [7, 11) is 1.22. The predicted octanol–water partition coefficient (Wildman–Crippen LogP) is 2.65. The van der Waals surface area contributed by atoms with E-state index in [0.29, 0.717) is 5.56 Å². The van der Waals surface area contributed by atoms with E-state index in [0.717, 1.165) is 5.56 Å². The minimum atomic E-state index is -1.15. The fourth-order valence-electron chi connectivity index (χ4n) is 5.14. The van der Waals surface area contributed by atoms with Crippen LogP contribution in [0.15, 0.2) is 66.7 Å². The first kappa shape index (κ1) is 38.2. The van der Waals surface area contributed by atoms with Gasteiger partial charge in [-0.25, -0.2) is 9.59 Å². The van der Waals surface area contributed by atoms with Gasteiger partial charge in [0, 0.05) is 18.8 Å². The number of methoxy groups -OCH3 is 1. The Morgan fingerprint density at radius 1 is 0.959 bits per heavy atom. The van der Waals surface area contributed by atoms with Gasteiger partial charge in [-0.2, -0.15) is 0 Å². The number of carbonyl (C=O) groups is 6. The molecule has 5 N–H and O–H groups in total. The third-order valence-electron chi connectivity index (χ3n) is 7.61. The molecule has 4 atom stereocenters. The van der Waals surface area contributed by atoms with E-state index in [1.54, 1.807) is 45.1 Å². The lowest BCUT2D eigenvalue weighted by Gasteiger charge is -2.25. The molecule has 1 heterocycles.